The van der Waals surface area contributed by atoms with Crippen molar-refractivity contribution in [2.45, 2.75) is 6.61 Å². The zero-order valence-corrected chi connectivity index (χ0v) is 16.3. The molecule has 0 saturated carbocycles. The van der Waals surface area contributed by atoms with Crippen molar-refractivity contribution < 1.29 is 108 Å². The molecule has 17 heteroatoms. The minimum Gasteiger partial charge on any atom is -0.418 e. The van der Waals surface area contributed by atoms with Crippen LogP contribution in [0.3, 0.4) is 0 Å². The molecule has 150 valence electrons. The first-order chi connectivity index (χ1) is 10.9. The summed E-state index contributed by atoms with van der Waals surface area (Å²) < 4.78 is 122. The SMILES string of the molecule is F[B-](F)(F)F.F[B-](F)(F)F.F[B-](F)(F)F.[CH2-]COCc1ccccc1.[K+]. The predicted octanol–water partition coefficient (Wildman–Crippen LogP) is 2.94. The van der Waals surface area contributed by atoms with Crippen LogP contribution < -0.4 is 51.4 Å². The summed E-state index contributed by atoms with van der Waals surface area (Å²) in [7, 11) is -18.0. The molecule has 0 radical (unpaired) electrons. The molecule has 26 heavy (non-hydrogen) atoms. The largest absolute Gasteiger partial charge is 1.00 e. The molecule has 1 rings (SSSR count). The zero-order valence-electron chi connectivity index (χ0n) is 13.2. The fraction of sp³-hybridized carbons (Fsp3) is 0.222. The molecule has 1 nitrogen and oxygen atoms in total. The first kappa shape index (κ1) is 33.7. The Labute approximate surface area is 184 Å². The van der Waals surface area contributed by atoms with Gasteiger partial charge in [0.05, 0.1) is 6.61 Å². The monoisotopic (exact) mass is 435 g/mol. The standard InChI is InChI=1S/C9H11O.3BF4.K/c1-2-10-8-9-6-4-3-5-7-9;3*2-1(3,4)5;/h3-7H,1-2,8H2;;;;/q4*-1;+1. The second kappa shape index (κ2) is 17.3. The van der Waals surface area contributed by atoms with E-state index in [1.165, 1.54) is 5.56 Å². The molecule has 0 aromatic heterocycles. The van der Waals surface area contributed by atoms with Gasteiger partial charge in [0, 0.05) is 0 Å². The number of hydrogen-bond acceptors (Lipinski definition) is 1. The zero-order chi connectivity index (χ0) is 20.7. The van der Waals surface area contributed by atoms with E-state index in [-0.39, 0.29) is 51.4 Å². The molecule has 0 bridgehead atoms. The Morgan fingerprint density at radius 2 is 0.923 bits per heavy atom. The van der Waals surface area contributed by atoms with Crippen LogP contribution in [0.15, 0.2) is 30.3 Å². The summed E-state index contributed by atoms with van der Waals surface area (Å²) >= 11 is 0. The molecule has 1 aromatic carbocycles. The quantitative estimate of drug-likeness (QED) is 0.404. The van der Waals surface area contributed by atoms with Crippen molar-refractivity contribution in [3.05, 3.63) is 42.8 Å². The van der Waals surface area contributed by atoms with Crippen molar-refractivity contribution in [2.24, 2.45) is 0 Å². The Morgan fingerprint density at radius 1 is 0.654 bits per heavy atom. The maximum absolute atomic E-state index is 9.75. The molecule has 1 aromatic rings. The van der Waals surface area contributed by atoms with Crippen LogP contribution in [0.1, 0.15) is 5.56 Å². The Morgan fingerprint density at radius 3 is 1.15 bits per heavy atom. The Bertz CT molecular complexity index is 365. The van der Waals surface area contributed by atoms with Gasteiger partial charge in [-0.3, -0.25) is 0 Å². The van der Waals surface area contributed by atoms with Gasteiger partial charge < -0.3 is 63.4 Å². The molecule has 0 aliphatic rings. The summed E-state index contributed by atoms with van der Waals surface area (Å²) in [5, 5.41) is 0. The fourth-order valence-corrected chi connectivity index (χ4v) is 0.764. The van der Waals surface area contributed by atoms with Crippen LogP contribution in [0.5, 0.6) is 0 Å². The normalized spacial score (nSPS) is 10.7. The number of ether oxygens (including phenoxy) is 1. The molecular weight excluding hydrogens is 424 g/mol. The minimum absolute atomic E-state index is 0. The van der Waals surface area contributed by atoms with E-state index in [1.54, 1.807) is 0 Å². The number of hydrogen-bond donors (Lipinski definition) is 0. The van der Waals surface area contributed by atoms with Crippen molar-refractivity contribution >= 4 is 21.8 Å². The summed E-state index contributed by atoms with van der Waals surface area (Å²) in [6.45, 7) is 4.79. The van der Waals surface area contributed by atoms with Crippen LogP contribution in [0, 0.1) is 6.92 Å². The number of halogens is 12. The molecule has 0 fully saturated rings. The molecular formula is C9H11B3F12KO-3. The van der Waals surface area contributed by atoms with Gasteiger partial charge in [-0.15, -0.1) is 0 Å². The third-order valence-electron chi connectivity index (χ3n) is 1.26. The molecule has 0 aliphatic heterocycles. The Hall–Kier alpha value is 0.171. The van der Waals surface area contributed by atoms with E-state index >= 15 is 0 Å². The third kappa shape index (κ3) is 87.6. The topological polar surface area (TPSA) is 9.23 Å². The second-order valence-corrected chi connectivity index (χ2v) is 3.52. The molecule has 0 saturated heterocycles. The van der Waals surface area contributed by atoms with Gasteiger partial charge in [0.15, 0.2) is 0 Å². The van der Waals surface area contributed by atoms with Crippen LogP contribution in [-0.4, -0.2) is 28.4 Å². The molecule has 0 amide bonds. The van der Waals surface area contributed by atoms with Crippen molar-refractivity contribution in [2.75, 3.05) is 6.61 Å². The van der Waals surface area contributed by atoms with Gasteiger partial charge in [-0.2, -0.15) is 0 Å². The van der Waals surface area contributed by atoms with E-state index < -0.39 is 21.8 Å². The molecule has 0 aliphatic carbocycles. The van der Waals surface area contributed by atoms with E-state index in [9.17, 15) is 51.8 Å². The van der Waals surface area contributed by atoms with Crippen LogP contribution in [0.25, 0.3) is 0 Å². The number of benzene rings is 1. The van der Waals surface area contributed by atoms with Crippen LogP contribution in [0.4, 0.5) is 51.8 Å². The average Bonchev–Trinajstić information content (AvgIpc) is 2.31. The van der Waals surface area contributed by atoms with Crippen molar-refractivity contribution in [1.82, 2.24) is 0 Å². The van der Waals surface area contributed by atoms with Gasteiger partial charge in [-0.25, -0.2) is 0 Å². The van der Waals surface area contributed by atoms with E-state index in [0.29, 0.717) is 13.2 Å². The van der Waals surface area contributed by atoms with Gasteiger partial charge >= 0.3 is 73.1 Å². The summed E-state index contributed by atoms with van der Waals surface area (Å²) in [4.78, 5) is 0. The summed E-state index contributed by atoms with van der Waals surface area (Å²) in [6.07, 6.45) is 0. The van der Waals surface area contributed by atoms with Gasteiger partial charge in [0.25, 0.3) is 0 Å². The van der Waals surface area contributed by atoms with Crippen LogP contribution in [-0.2, 0) is 11.3 Å². The number of rotatable bonds is 3. The van der Waals surface area contributed by atoms with Crippen molar-refractivity contribution in [1.29, 1.82) is 0 Å². The van der Waals surface area contributed by atoms with E-state index in [2.05, 4.69) is 6.92 Å². The second-order valence-electron chi connectivity index (χ2n) is 3.52. The summed E-state index contributed by atoms with van der Waals surface area (Å²) in [5.41, 5.74) is 1.20. The smallest absolute Gasteiger partial charge is 0.418 e. The van der Waals surface area contributed by atoms with E-state index in [0.717, 1.165) is 0 Å². The molecule has 0 atom stereocenters. The van der Waals surface area contributed by atoms with Gasteiger partial charge in [-0.1, -0.05) is 36.9 Å². The molecule has 0 heterocycles. The molecule has 0 unspecified atom stereocenters. The van der Waals surface area contributed by atoms with Crippen molar-refractivity contribution in [3.8, 4) is 0 Å². The van der Waals surface area contributed by atoms with Crippen LogP contribution >= 0.6 is 0 Å². The first-order valence-corrected chi connectivity index (χ1v) is 5.96. The molecule has 0 N–H and O–H groups in total. The third-order valence-corrected chi connectivity index (χ3v) is 1.26. The van der Waals surface area contributed by atoms with E-state index in [4.69, 9.17) is 4.74 Å². The average molecular weight is 435 g/mol. The van der Waals surface area contributed by atoms with Gasteiger partial charge in [0.2, 0.25) is 0 Å². The summed E-state index contributed by atoms with van der Waals surface area (Å²) in [5.74, 6) is 0. The maximum Gasteiger partial charge on any atom is 1.00 e. The predicted molar refractivity (Wildman–Crippen MR) is 72.0 cm³/mol. The summed E-state index contributed by atoms with van der Waals surface area (Å²) in [6, 6.07) is 10.1. The van der Waals surface area contributed by atoms with E-state index in [1.807, 2.05) is 30.3 Å². The van der Waals surface area contributed by atoms with Crippen molar-refractivity contribution in [3.63, 3.8) is 0 Å². The van der Waals surface area contributed by atoms with Gasteiger partial charge in [0.1, 0.15) is 0 Å². The van der Waals surface area contributed by atoms with Crippen LogP contribution in [0.2, 0.25) is 0 Å². The molecule has 0 spiro atoms. The first-order valence-electron chi connectivity index (χ1n) is 5.96. The fourth-order valence-electron chi connectivity index (χ4n) is 0.764. The Balaban J connectivity index is -0.000000132. The Kier molecular flexibility index (Phi) is 22.4. The maximum atomic E-state index is 9.75. The minimum atomic E-state index is -6.00. The van der Waals surface area contributed by atoms with Gasteiger partial charge in [-0.05, 0) is 5.56 Å².